The summed E-state index contributed by atoms with van der Waals surface area (Å²) in [5.41, 5.74) is 4.62. The number of nitrogens with zero attached hydrogens (tertiary/aromatic N) is 3. The molecule has 0 aliphatic heterocycles. The fourth-order valence-electron chi connectivity index (χ4n) is 3.17. The molecule has 1 amide bonds. The van der Waals surface area contributed by atoms with E-state index in [2.05, 4.69) is 20.6 Å². The average Bonchev–Trinajstić information content (AvgIpc) is 3.37. The maximum Gasteiger partial charge on any atom is 0.256 e. The van der Waals surface area contributed by atoms with E-state index in [-0.39, 0.29) is 16.9 Å². The average molecular weight is 424 g/mol. The number of H-pyrrole nitrogens is 1. The Bertz CT molecular complexity index is 1150. The summed E-state index contributed by atoms with van der Waals surface area (Å²) in [5, 5.41) is 14.4. The number of halogens is 2. The Morgan fingerprint density at radius 3 is 2.47 bits per heavy atom. The van der Waals surface area contributed by atoms with E-state index in [0.29, 0.717) is 24.3 Å². The van der Waals surface area contributed by atoms with E-state index in [1.165, 1.54) is 16.8 Å². The molecule has 2 aromatic carbocycles. The van der Waals surface area contributed by atoms with Gasteiger partial charge < -0.3 is 5.32 Å². The van der Waals surface area contributed by atoms with Crippen LogP contribution >= 0.6 is 11.6 Å². The van der Waals surface area contributed by atoms with E-state index < -0.39 is 0 Å². The van der Waals surface area contributed by atoms with Gasteiger partial charge in [0.2, 0.25) is 0 Å². The van der Waals surface area contributed by atoms with Crippen LogP contribution in [0.4, 0.5) is 4.39 Å². The van der Waals surface area contributed by atoms with Gasteiger partial charge in [-0.05, 0) is 41.8 Å². The van der Waals surface area contributed by atoms with Crippen molar-refractivity contribution in [2.45, 2.75) is 20.0 Å². The number of hydrogen-bond donors (Lipinski definition) is 2. The SMILES string of the molecule is Cc1nn(Cc2ccc(F)cc2)c(Cl)c1C(=O)NCc1ccc(-c2ccn[nH]2)cc1. The minimum Gasteiger partial charge on any atom is -0.348 e. The van der Waals surface area contributed by atoms with Crippen molar-refractivity contribution < 1.29 is 9.18 Å². The largest absolute Gasteiger partial charge is 0.348 e. The number of aryl methyl sites for hydroxylation is 1. The molecule has 0 aliphatic carbocycles. The van der Waals surface area contributed by atoms with Gasteiger partial charge in [-0.15, -0.1) is 0 Å². The van der Waals surface area contributed by atoms with Crippen molar-refractivity contribution in [1.82, 2.24) is 25.3 Å². The Balaban J connectivity index is 1.43. The monoisotopic (exact) mass is 423 g/mol. The van der Waals surface area contributed by atoms with Gasteiger partial charge in [-0.25, -0.2) is 9.07 Å². The Hall–Kier alpha value is -3.45. The third-order valence-electron chi connectivity index (χ3n) is 4.76. The molecule has 0 spiro atoms. The van der Waals surface area contributed by atoms with E-state index in [0.717, 1.165) is 22.4 Å². The van der Waals surface area contributed by atoms with Crippen LogP contribution in [0.5, 0.6) is 0 Å². The number of amides is 1. The molecule has 4 rings (SSSR count). The predicted molar refractivity (Wildman–Crippen MR) is 113 cm³/mol. The van der Waals surface area contributed by atoms with Crippen LogP contribution in [0.15, 0.2) is 60.8 Å². The molecule has 2 aromatic heterocycles. The molecular weight excluding hydrogens is 405 g/mol. The Morgan fingerprint density at radius 2 is 1.80 bits per heavy atom. The second kappa shape index (κ2) is 8.51. The topological polar surface area (TPSA) is 75.6 Å². The Morgan fingerprint density at radius 1 is 1.10 bits per heavy atom. The Kier molecular flexibility index (Phi) is 5.63. The molecule has 0 fully saturated rings. The van der Waals surface area contributed by atoms with Crippen LogP contribution < -0.4 is 5.32 Å². The molecule has 8 heteroatoms. The fraction of sp³-hybridized carbons (Fsp3) is 0.136. The van der Waals surface area contributed by atoms with E-state index >= 15 is 0 Å². The minimum atomic E-state index is -0.306. The zero-order valence-corrected chi connectivity index (χ0v) is 16.9. The van der Waals surface area contributed by atoms with Crippen molar-refractivity contribution in [2.24, 2.45) is 0 Å². The van der Waals surface area contributed by atoms with Gasteiger partial charge in [-0.3, -0.25) is 9.89 Å². The maximum atomic E-state index is 13.1. The summed E-state index contributed by atoms with van der Waals surface area (Å²) in [6, 6.07) is 15.8. The van der Waals surface area contributed by atoms with Crippen LogP contribution in [0.1, 0.15) is 27.2 Å². The normalized spacial score (nSPS) is 10.9. The van der Waals surface area contributed by atoms with Gasteiger partial charge in [0.15, 0.2) is 0 Å². The molecule has 4 aromatic rings. The van der Waals surface area contributed by atoms with Gasteiger partial charge >= 0.3 is 0 Å². The fourth-order valence-corrected chi connectivity index (χ4v) is 3.49. The summed E-state index contributed by atoms with van der Waals surface area (Å²) < 4.78 is 14.6. The number of benzene rings is 2. The molecule has 0 atom stereocenters. The van der Waals surface area contributed by atoms with Crippen molar-refractivity contribution in [3.05, 3.63) is 94.1 Å². The van der Waals surface area contributed by atoms with Gasteiger partial charge in [0, 0.05) is 12.7 Å². The number of nitrogens with one attached hydrogen (secondary N) is 2. The van der Waals surface area contributed by atoms with Gasteiger partial charge in [-0.1, -0.05) is 48.0 Å². The van der Waals surface area contributed by atoms with E-state index in [1.54, 1.807) is 25.3 Å². The molecule has 152 valence electrons. The summed E-state index contributed by atoms with van der Waals surface area (Å²) in [7, 11) is 0. The predicted octanol–water partition coefficient (Wildman–Crippen LogP) is 4.35. The van der Waals surface area contributed by atoms with Crippen LogP contribution in [0.3, 0.4) is 0 Å². The van der Waals surface area contributed by atoms with E-state index in [9.17, 15) is 9.18 Å². The first-order valence-corrected chi connectivity index (χ1v) is 9.73. The summed E-state index contributed by atoms with van der Waals surface area (Å²) in [6.45, 7) is 2.45. The van der Waals surface area contributed by atoms with Gasteiger partial charge in [-0.2, -0.15) is 10.2 Å². The third-order valence-corrected chi connectivity index (χ3v) is 5.14. The second-order valence-electron chi connectivity index (χ2n) is 6.89. The molecule has 0 aliphatic rings. The molecule has 0 saturated carbocycles. The molecule has 30 heavy (non-hydrogen) atoms. The highest BCUT2D eigenvalue weighted by Gasteiger charge is 2.20. The number of hydrogen-bond acceptors (Lipinski definition) is 3. The first kappa shape index (κ1) is 19.8. The zero-order valence-electron chi connectivity index (χ0n) is 16.2. The smallest absolute Gasteiger partial charge is 0.256 e. The van der Waals surface area contributed by atoms with Crippen molar-refractivity contribution in [2.75, 3.05) is 0 Å². The molecule has 0 bridgehead atoms. The van der Waals surface area contributed by atoms with Crippen LogP contribution in [0.25, 0.3) is 11.3 Å². The number of aromatic amines is 1. The maximum absolute atomic E-state index is 13.1. The highest BCUT2D eigenvalue weighted by atomic mass is 35.5. The third kappa shape index (κ3) is 4.26. The van der Waals surface area contributed by atoms with Gasteiger partial charge in [0.25, 0.3) is 5.91 Å². The van der Waals surface area contributed by atoms with Gasteiger partial charge in [0.05, 0.1) is 23.5 Å². The minimum absolute atomic E-state index is 0.254. The summed E-state index contributed by atoms with van der Waals surface area (Å²) in [5.74, 6) is -0.598. The highest BCUT2D eigenvalue weighted by Crippen LogP contribution is 2.21. The van der Waals surface area contributed by atoms with Crippen LogP contribution in [0, 0.1) is 12.7 Å². The van der Waals surface area contributed by atoms with Gasteiger partial charge in [0.1, 0.15) is 11.0 Å². The van der Waals surface area contributed by atoms with Crippen LogP contribution in [-0.2, 0) is 13.1 Å². The zero-order chi connectivity index (χ0) is 21.1. The summed E-state index contributed by atoms with van der Waals surface area (Å²) in [4.78, 5) is 12.7. The number of rotatable bonds is 6. The lowest BCUT2D eigenvalue weighted by molar-refractivity contribution is 0.0950. The lowest BCUT2D eigenvalue weighted by Crippen LogP contribution is -2.23. The molecule has 0 saturated heterocycles. The first-order chi connectivity index (χ1) is 14.5. The van der Waals surface area contributed by atoms with E-state index in [4.69, 9.17) is 11.6 Å². The molecule has 0 unspecified atom stereocenters. The standard InChI is InChI=1S/C22H19ClFN5O/c1-14-20(21(23)29(28-14)13-16-4-8-18(24)9-5-16)22(30)25-12-15-2-6-17(7-3-15)19-10-11-26-27-19/h2-11H,12-13H2,1H3,(H,25,30)(H,26,27). The second-order valence-corrected chi connectivity index (χ2v) is 7.24. The lowest BCUT2D eigenvalue weighted by Gasteiger charge is -2.07. The quantitative estimate of drug-likeness (QED) is 0.484. The number of carbonyl (C=O) groups excluding carboxylic acids is 1. The molecule has 2 N–H and O–H groups in total. The number of carbonyl (C=O) groups is 1. The Labute approximate surface area is 177 Å². The number of aromatic nitrogens is 4. The van der Waals surface area contributed by atoms with Crippen molar-refractivity contribution in [3.63, 3.8) is 0 Å². The lowest BCUT2D eigenvalue weighted by atomic mass is 10.1. The summed E-state index contributed by atoms with van der Waals surface area (Å²) in [6.07, 6.45) is 1.70. The summed E-state index contributed by atoms with van der Waals surface area (Å²) >= 11 is 6.42. The van der Waals surface area contributed by atoms with Crippen molar-refractivity contribution in [3.8, 4) is 11.3 Å². The van der Waals surface area contributed by atoms with Crippen molar-refractivity contribution >= 4 is 17.5 Å². The molecule has 6 nitrogen and oxygen atoms in total. The van der Waals surface area contributed by atoms with Crippen LogP contribution in [0.2, 0.25) is 5.15 Å². The molecule has 2 heterocycles. The molecular formula is C22H19ClFN5O. The highest BCUT2D eigenvalue weighted by molar-refractivity contribution is 6.33. The van der Waals surface area contributed by atoms with E-state index in [1.807, 2.05) is 30.3 Å². The van der Waals surface area contributed by atoms with Crippen LogP contribution in [-0.4, -0.2) is 25.9 Å². The first-order valence-electron chi connectivity index (χ1n) is 9.35. The molecule has 0 radical (unpaired) electrons. The van der Waals surface area contributed by atoms with Crippen molar-refractivity contribution in [1.29, 1.82) is 0 Å².